The molecule has 0 saturated carbocycles. The van der Waals surface area contributed by atoms with Gasteiger partial charge in [0.25, 0.3) is 5.69 Å². The first-order chi connectivity index (χ1) is 9.59. The Morgan fingerprint density at radius 3 is 2.65 bits per heavy atom. The lowest BCUT2D eigenvalue weighted by atomic mass is 10.2. The van der Waals surface area contributed by atoms with Crippen LogP contribution in [0.5, 0.6) is 0 Å². The molecule has 1 N–H and O–H groups in total. The van der Waals surface area contributed by atoms with E-state index in [1.807, 2.05) is 31.1 Å². The molecule has 0 bridgehead atoms. The van der Waals surface area contributed by atoms with Gasteiger partial charge in [-0.2, -0.15) is 0 Å². The quantitative estimate of drug-likeness (QED) is 0.648. The molecule has 2 aromatic rings. The number of nitro benzene ring substituents is 1. The smallest absolute Gasteiger partial charge is 0.292 e. The molecular formula is C14H17N3O3. The predicted molar refractivity (Wildman–Crippen MR) is 76.7 cm³/mol. The van der Waals surface area contributed by atoms with Crippen molar-refractivity contribution < 1.29 is 9.34 Å². The van der Waals surface area contributed by atoms with E-state index < -0.39 is 0 Å². The van der Waals surface area contributed by atoms with Crippen molar-refractivity contribution in [3.05, 3.63) is 58.5 Å². The Hall–Kier alpha value is -2.34. The Morgan fingerprint density at radius 1 is 1.30 bits per heavy atom. The highest BCUT2D eigenvalue weighted by atomic mass is 16.6. The second kappa shape index (κ2) is 6.21. The molecule has 0 spiro atoms. The van der Waals surface area contributed by atoms with Gasteiger partial charge in [0.15, 0.2) is 0 Å². The van der Waals surface area contributed by atoms with Gasteiger partial charge >= 0.3 is 0 Å². The fourth-order valence-corrected chi connectivity index (χ4v) is 2.01. The molecule has 6 heteroatoms. The molecular weight excluding hydrogens is 258 g/mol. The van der Waals surface area contributed by atoms with Crippen LogP contribution in [0.15, 0.2) is 47.1 Å². The number of benzene rings is 1. The number of hydrogen-bond donors (Lipinski definition) is 1. The van der Waals surface area contributed by atoms with Crippen molar-refractivity contribution in [2.45, 2.75) is 6.04 Å². The normalized spacial score (nSPS) is 12.3. The van der Waals surface area contributed by atoms with E-state index >= 15 is 0 Å². The van der Waals surface area contributed by atoms with Crippen LogP contribution in [0.3, 0.4) is 0 Å². The summed E-state index contributed by atoms with van der Waals surface area (Å²) in [6, 6.07) is 10.3. The zero-order valence-corrected chi connectivity index (χ0v) is 11.4. The van der Waals surface area contributed by atoms with Gasteiger partial charge in [-0.05, 0) is 32.3 Å². The van der Waals surface area contributed by atoms with E-state index in [2.05, 4.69) is 5.32 Å². The maximum absolute atomic E-state index is 11.0. The lowest BCUT2D eigenvalue weighted by molar-refractivity contribution is -0.384. The van der Waals surface area contributed by atoms with Crippen LogP contribution >= 0.6 is 0 Å². The minimum absolute atomic E-state index is 0.00445. The van der Waals surface area contributed by atoms with Gasteiger partial charge < -0.3 is 9.73 Å². The highest BCUT2D eigenvalue weighted by Gasteiger charge is 2.19. The van der Waals surface area contributed by atoms with E-state index in [0.29, 0.717) is 12.2 Å². The standard InChI is InChI=1S/C14H17N3O3/c1-16(2)13(14-8-5-9-20-14)10-15-11-6-3-4-7-12(11)17(18)19/h3-9,13,15H,10H2,1-2H3. The van der Waals surface area contributed by atoms with Crippen LogP contribution in [0.4, 0.5) is 11.4 Å². The number of likely N-dealkylation sites (N-methyl/N-ethyl adjacent to an activating group) is 1. The number of nitrogens with one attached hydrogen (secondary N) is 1. The Morgan fingerprint density at radius 2 is 2.05 bits per heavy atom. The third-order valence-electron chi connectivity index (χ3n) is 3.08. The third kappa shape index (κ3) is 3.16. The van der Waals surface area contributed by atoms with E-state index in [4.69, 9.17) is 4.42 Å². The molecule has 20 heavy (non-hydrogen) atoms. The second-order valence-electron chi connectivity index (χ2n) is 4.65. The highest BCUT2D eigenvalue weighted by Crippen LogP contribution is 2.25. The van der Waals surface area contributed by atoms with Crippen molar-refractivity contribution in [2.24, 2.45) is 0 Å². The summed E-state index contributed by atoms with van der Waals surface area (Å²) in [5.41, 5.74) is 0.584. The molecule has 1 atom stereocenters. The molecule has 0 amide bonds. The van der Waals surface area contributed by atoms with E-state index in [1.165, 1.54) is 6.07 Å². The van der Waals surface area contributed by atoms with Crippen LogP contribution in [0.1, 0.15) is 11.8 Å². The number of nitro groups is 1. The summed E-state index contributed by atoms with van der Waals surface area (Å²) in [5.74, 6) is 0.820. The van der Waals surface area contributed by atoms with Crippen LogP contribution < -0.4 is 5.32 Å². The van der Waals surface area contributed by atoms with Gasteiger partial charge in [-0.3, -0.25) is 15.0 Å². The van der Waals surface area contributed by atoms with Gasteiger partial charge in [0.1, 0.15) is 11.4 Å². The molecule has 0 radical (unpaired) electrons. The Labute approximate surface area is 117 Å². The van der Waals surface area contributed by atoms with Crippen LogP contribution in [-0.2, 0) is 0 Å². The van der Waals surface area contributed by atoms with Crippen molar-refractivity contribution in [1.82, 2.24) is 4.90 Å². The topological polar surface area (TPSA) is 71.5 Å². The number of furan rings is 1. The van der Waals surface area contributed by atoms with Crippen LogP contribution in [0.2, 0.25) is 0 Å². The van der Waals surface area contributed by atoms with E-state index in [0.717, 1.165) is 5.76 Å². The van der Waals surface area contributed by atoms with Crippen LogP contribution in [0, 0.1) is 10.1 Å². The fourth-order valence-electron chi connectivity index (χ4n) is 2.01. The summed E-state index contributed by atoms with van der Waals surface area (Å²) in [7, 11) is 3.88. The molecule has 1 aromatic heterocycles. The number of anilines is 1. The summed E-state index contributed by atoms with van der Waals surface area (Å²) in [4.78, 5) is 12.6. The number of hydrogen-bond acceptors (Lipinski definition) is 5. The van der Waals surface area contributed by atoms with Gasteiger partial charge in [0.2, 0.25) is 0 Å². The summed E-state index contributed by atoms with van der Waals surface area (Å²) in [5, 5.41) is 14.1. The zero-order chi connectivity index (χ0) is 14.5. The highest BCUT2D eigenvalue weighted by molar-refractivity contribution is 5.61. The Balaban J connectivity index is 2.13. The van der Waals surface area contributed by atoms with Gasteiger partial charge in [0, 0.05) is 12.6 Å². The van der Waals surface area contributed by atoms with Crippen molar-refractivity contribution in [3.63, 3.8) is 0 Å². The summed E-state index contributed by atoms with van der Waals surface area (Å²) < 4.78 is 5.41. The molecule has 2 rings (SSSR count). The van der Waals surface area contributed by atoms with Gasteiger partial charge in [-0.15, -0.1) is 0 Å². The summed E-state index contributed by atoms with van der Waals surface area (Å²) in [6.45, 7) is 0.519. The number of rotatable bonds is 6. The van der Waals surface area contributed by atoms with Crippen molar-refractivity contribution >= 4 is 11.4 Å². The first-order valence-corrected chi connectivity index (χ1v) is 6.26. The molecule has 6 nitrogen and oxygen atoms in total. The monoisotopic (exact) mass is 275 g/mol. The largest absolute Gasteiger partial charge is 0.468 e. The van der Waals surface area contributed by atoms with Crippen LogP contribution in [-0.4, -0.2) is 30.5 Å². The summed E-state index contributed by atoms with van der Waals surface area (Å²) >= 11 is 0. The second-order valence-corrected chi connectivity index (χ2v) is 4.65. The minimum atomic E-state index is -0.389. The zero-order valence-electron chi connectivity index (χ0n) is 11.4. The minimum Gasteiger partial charge on any atom is -0.468 e. The number of para-hydroxylation sites is 2. The molecule has 106 valence electrons. The van der Waals surface area contributed by atoms with Crippen molar-refractivity contribution in [1.29, 1.82) is 0 Å². The van der Waals surface area contributed by atoms with E-state index in [-0.39, 0.29) is 16.7 Å². The molecule has 1 unspecified atom stereocenters. The maximum Gasteiger partial charge on any atom is 0.292 e. The molecule has 1 heterocycles. The number of nitrogens with zero attached hydrogens (tertiary/aromatic N) is 2. The third-order valence-corrected chi connectivity index (χ3v) is 3.08. The van der Waals surface area contributed by atoms with Crippen molar-refractivity contribution in [2.75, 3.05) is 26.0 Å². The Kier molecular flexibility index (Phi) is 4.37. The molecule has 1 aromatic carbocycles. The van der Waals surface area contributed by atoms with Gasteiger partial charge in [0.05, 0.1) is 17.2 Å². The van der Waals surface area contributed by atoms with Gasteiger partial charge in [-0.25, -0.2) is 0 Å². The van der Waals surface area contributed by atoms with Crippen LogP contribution in [0.25, 0.3) is 0 Å². The SMILES string of the molecule is CN(C)C(CNc1ccccc1[N+](=O)[O-])c1ccco1. The van der Waals surface area contributed by atoms with E-state index in [9.17, 15) is 10.1 Å². The molecule has 0 saturated heterocycles. The van der Waals surface area contributed by atoms with E-state index in [1.54, 1.807) is 24.5 Å². The average molecular weight is 275 g/mol. The fraction of sp³-hybridized carbons (Fsp3) is 0.286. The van der Waals surface area contributed by atoms with Crippen molar-refractivity contribution in [3.8, 4) is 0 Å². The lowest BCUT2D eigenvalue weighted by Crippen LogP contribution is -2.26. The first kappa shape index (κ1) is 14.1. The molecule has 0 aliphatic carbocycles. The predicted octanol–water partition coefficient (Wildman–Crippen LogP) is 2.90. The lowest BCUT2D eigenvalue weighted by Gasteiger charge is -2.23. The molecule has 0 aliphatic rings. The summed E-state index contributed by atoms with van der Waals surface area (Å²) in [6.07, 6.45) is 1.62. The van der Waals surface area contributed by atoms with Gasteiger partial charge in [-0.1, -0.05) is 12.1 Å². The maximum atomic E-state index is 11.0. The molecule has 0 fully saturated rings. The average Bonchev–Trinajstić information content (AvgIpc) is 2.92. The first-order valence-electron chi connectivity index (χ1n) is 6.26. The Bertz CT molecular complexity index is 567. The molecule has 0 aliphatic heterocycles.